The van der Waals surface area contributed by atoms with E-state index < -0.39 is 10.0 Å². The van der Waals surface area contributed by atoms with Gasteiger partial charge in [-0.2, -0.15) is 4.31 Å². The first-order valence-corrected chi connectivity index (χ1v) is 8.22. The van der Waals surface area contributed by atoms with Crippen LogP contribution in [0, 0.1) is 6.92 Å². The number of nitrogens with zero attached hydrogens (tertiary/aromatic N) is 5. The van der Waals surface area contributed by atoms with E-state index in [1.165, 1.54) is 16.8 Å². The zero-order valence-corrected chi connectivity index (χ0v) is 12.8. The van der Waals surface area contributed by atoms with Crippen LogP contribution in [0.2, 0.25) is 0 Å². The lowest BCUT2D eigenvalue weighted by Gasteiger charge is -2.22. The van der Waals surface area contributed by atoms with Gasteiger partial charge in [0.25, 0.3) is 10.0 Å². The summed E-state index contributed by atoms with van der Waals surface area (Å²) >= 11 is 0. The molecule has 1 aliphatic heterocycles. The Labute approximate surface area is 123 Å². The molecule has 0 aromatic carbocycles. The standard InChI is InChI=1S/C13H17N5O2S/c1-10-14-6-5-11(16-10)12-4-3-7-18(12)21(19,20)13-8-17(2)9-15-13/h5-6,8-9,12H,3-4,7H2,1-2H3/t12-/m1/s1. The van der Waals surface area contributed by atoms with Crippen molar-refractivity contribution in [2.45, 2.75) is 30.8 Å². The van der Waals surface area contributed by atoms with Gasteiger partial charge in [0, 0.05) is 26.0 Å². The fourth-order valence-electron chi connectivity index (χ4n) is 2.63. The summed E-state index contributed by atoms with van der Waals surface area (Å²) in [7, 11) is -1.84. The average Bonchev–Trinajstić information content (AvgIpc) is 3.07. The molecule has 8 heteroatoms. The van der Waals surface area contributed by atoms with E-state index in [1.807, 2.05) is 0 Å². The van der Waals surface area contributed by atoms with Gasteiger partial charge in [-0.25, -0.2) is 23.4 Å². The van der Waals surface area contributed by atoms with Gasteiger partial charge in [0.2, 0.25) is 0 Å². The molecular formula is C13H17N5O2S. The van der Waals surface area contributed by atoms with Crippen molar-refractivity contribution in [3.63, 3.8) is 0 Å². The summed E-state index contributed by atoms with van der Waals surface area (Å²) in [4.78, 5) is 12.4. The molecular weight excluding hydrogens is 290 g/mol. The molecule has 1 atom stereocenters. The minimum Gasteiger partial charge on any atom is -0.339 e. The van der Waals surface area contributed by atoms with E-state index in [4.69, 9.17) is 0 Å². The molecule has 2 aromatic heterocycles. The zero-order valence-electron chi connectivity index (χ0n) is 12.0. The van der Waals surface area contributed by atoms with Gasteiger partial charge >= 0.3 is 0 Å². The van der Waals surface area contributed by atoms with Gasteiger partial charge in [0.1, 0.15) is 5.82 Å². The minimum atomic E-state index is -3.59. The fraction of sp³-hybridized carbons (Fsp3) is 0.462. The Morgan fingerprint density at radius 2 is 2.14 bits per heavy atom. The van der Waals surface area contributed by atoms with Gasteiger partial charge in [-0.05, 0) is 25.8 Å². The van der Waals surface area contributed by atoms with E-state index in [0.717, 1.165) is 18.5 Å². The van der Waals surface area contributed by atoms with Crippen molar-refractivity contribution < 1.29 is 8.42 Å². The van der Waals surface area contributed by atoms with Gasteiger partial charge in [-0.15, -0.1) is 0 Å². The van der Waals surface area contributed by atoms with Gasteiger partial charge < -0.3 is 4.57 Å². The van der Waals surface area contributed by atoms with E-state index in [1.54, 1.807) is 30.8 Å². The summed E-state index contributed by atoms with van der Waals surface area (Å²) in [5.41, 5.74) is 0.750. The highest BCUT2D eigenvalue weighted by molar-refractivity contribution is 7.89. The molecule has 1 fully saturated rings. The quantitative estimate of drug-likeness (QED) is 0.846. The highest BCUT2D eigenvalue weighted by Gasteiger charge is 2.38. The molecule has 2 aromatic rings. The molecule has 7 nitrogen and oxygen atoms in total. The second-order valence-corrected chi connectivity index (χ2v) is 7.02. The van der Waals surface area contributed by atoms with E-state index >= 15 is 0 Å². The smallest absolute Gasteiger partial charge is 0.262 e. The van der Waals surface area contributed by atoms with E-state index in [0.29, 0.717) is 12.4 Å². The predicted molar refractivity (Wildman–Crippen MR) is 75.8 cm³/mol. The van der Waals surface area contributed by atoms with Crippen LogP contribution in [0.4, 0.5) is 0 Å². The molecule has 0 saturated carbocycles. The summed E-state index contributed by atoms with van der Waals surface area (Å²) < 4.78 is 28.6. The normalized spacial score (nSPS) is 20.0. The second kappa shape index (κ2) is 5.19. The summed E-state index contributed by atoms with van der Waals surface area (Å²) in [5.74, 6) is 0.648. The topological polar surface area (TPSA) is 81.0 Å². The summed E-state index contributed by atoms with van der Waals surface area (Å²) in [5, 5.41) is 0.0858. The second-order valence-electron chi connectivity index (χ2n) is 5.18. The van der Waals surface area contributed by atoms with E-state index in [2.05, 4.69) is 15.0 Å². The lowest BCUT2D eigenvalue weighted by Crippen LogP contribution is -2.31. The Bertz CT molecular complexity index is 755. The monoisotopic (exact) mass is 307 g/mol. The molecule has 0 bridgehead atoms. The van der Waals surface area contributed by atoms with Crippen LogP contribution in [0.1, 0.15) is 30.4 Å². The number of hydrogen-bond acceptors (Lipinski definition) is 5. The van der Waals surface area contributed by atoms with Gasteiger partial charge in [0.05, 0.1) is 18.1 Å². The Morgan fingerprint density at radius 3 is 2.81 bits per heavy atom. The third-order valence-electron chi connectivity index (χ3n) is 3.60. The SMILES string of the molecule is Cc1nccc([C@H]2CCCN2S(=O)(=O)c2cn(C)cn2)n1. The summed E-state index contributed by atoms with van der Waals surface area (Å²) in [6.07, 6.45) is 6.27. The molecule has 0 spiro atoms. The third-order valence-corrected chi connectivity index (χ3v) is 5.39. The van der Waals surface area contributed by atoms with Crippen LogP contribution < -0.4 is 0 Å². The molecule has 0 amide bonds. The minimum absolute atomic E-state index is 0.0858. The van der Waals surface area contributed by atoms with Gasteiger partial charge in [-0.3, -0.25) is 0 Å². The molecule has 0 N–H and O–H groups in total. The van der Waals surface area contributed by atoms with Crippen molar-refractivity contribution in [1.82, 2.24) is 23.8 Å². The largest absolute Gasteiger partial charge is 0.339 e. The van der Waals surface area contributed by atoms with E-state index in [-0.39, 0.29) is 11.1 Å². The number of aromatic nitrogens is 4. The highest BCUT2D eigenvalue weighted by Crippen LogP contribution is 2.35. The van der Waals surface area contributed by atoms with Crippen LogP contribution in [0.3, 0.4) is 0 Å². The third kappa shape index (κ3) is 2.56. The fourth-order valence-corrected chi connectivity index (χ4v) is 4.26. The first-order valence-electron chi connectivity index (χ1n) is 6.78. The van der Waals surface area contributed by atoms with Crippen molar-refractivity contribution in [3.05, 3.63) is 36.3 Å². The number of imidazole rings is 1. The number of hydrogen-bond donors (Lipinski definition) is 0. The van der Waals surface area contributed by atoms with Crippen LogP contribution in [0.5, 0.6) is 0 Å². The molecule has 0 radical (unpaired) electrons. The van der Waals surface area contributed by atoms with Crippen molar-refractivity contribution >= 4 is 10.0 Å². The number of aryl methyl sites for hydroxylation is 2. The van der Waals surface area contributed by atoms with Crippen molar-refractivity contribution in [3.8, 4) is 0 Å². The Hall–Kier alpha value is -1.80. The molecule has 21 heavy (non-hydrogen) atoms. The molecule has 3 rings (SSSR count). The number of sulfonamides is 1. The predicted octanol–water partition coefficient (Wildman–Crippen LogP) is 1.04. The highest BCUT2D eigenvalue weighted by atomic mass is 32.2. The molecule has 112 valence electrons. The average molecular weight is 307 g/mol. The van der Waals surface area contributed by atoms with Crippen LogP contribution in [-0.4, -0.2) is 38.8 Å². The van der Waals surface area contributed by atoms with Gasteiger partial charge in [-0.1, -0.05) is 0 Å². The van der Waals surface area contributed by atoms with Crippen molar-refractivity contribution in [1.29, 1.82) is 0 Å². The Kier molecular flexibility index (Phi) is 3.50. The molecule has 1 aliphatic rings. The molecule has 1 saturated heterocycles. The van der Waals surface area contributed by atoms with Crippen LogP contribution >= 0.6 is 0 Å². The van der Waals surface area contributed by atoms with E-state index in [9.17, 15) is 8.42 Å². The maximum Gasteiger partial charge on any atom is 0.262 e. The maximum atomic E-state index is 12.7. The lowest BCUT2D eigenvalue weighted by atomic mass is 10.1. The van der Waals surface area contributed by atoms with Crippen molar-refractivity contribution in [2.75, 3.05) is 6.54 Å². The first-order chi connectivity index (χ1) is 9.98. The Morgan fingerprint density at radius 1 is 1.33 bits per heavy atom. The first kappa shape index (κ1) is 14.2. The Balaban J connectivity index is 1.97. The zero-order chi connectivity index (χ0) is 15.0. The molecule has 0 unspecified atom stereocenters. The maximum absolute atomic E-state index is 12.7. The number of rotatable bonds is 3. The molecule has 3 heterocycles. The summed E-state index contributed by atoms with van der Waals surface area (Å²) in [6.45, 7) is 2.29. The molecule has 0 aliphatic carbocycles. The lowest BCUT2D eigenvalue weighted by molar-refractivity contribution is 0.388. The van der Waals surface area contributed by atoms with Crippen LogP contribution in [0.15, 0.2) is 29.8 Å². The van der Waals surface area contributed by atoms with Crippen LogP contribution in [-0.2, 0) is 17.1 Å². The van der Waals surface area contributed by atoms with Crippen LogP contribution in [0.25, 0.3) is 0 Å². The summed E-state index contributed by atoms with van der Waals surface area (Å²) in [6, 6.07) is 1.54. The van der Waals surface area contributed by atoms with Crippen molar-refractivity contribution in [2.24, 2.45) is 7.05 Å². The van der Waals surface area contributed by atoms with Gasteiger partial charge in [0.15, 0.2) is 5.03 Å².